The second kappa shape index (κ2) is 6.95. The Morgan fingerprint density at radius 2 is 1.40 bits per heavy atom. The van der Waals surface area contributed by atoms with Crippen LogP contribution in [-0.2, 0) is 9.53 Å². The molecule has 2 saturated carbocycles. The fraction of sp³-hybridized carbons (Fsp3) is 0.944. The van der Waals surface area contributed by atoms with Gasteiger partial charge in [-0.05, 0) is 31.1 Å². The molecular formula is C18H30O2. The lowest BCUT2D eigenvalue weighted by atomic mass is 9.77. The maximum atomic E-state index is 11.7. The van der Waals surface area contributed by atoms with E-state index in [1.165, 1.54) is 70.6 Å². The van der Waals surface area contributed by atoms with Crippen molar-refractivity contribution in [2.45, 2.75) is 89.6 Å². The first-order chi connectivity index (χ1) is 9.83. The van der Waals surface area contributed by atoms with Crippen LogP contribution in [0.1, 0.15) is 83.5 Å². The van der Waals surface area contributed by atoms with Gasteiger partial charge in [0.25, 0.3) is 0 Å². The Bertz CT molecular complexity index is 313. The highest BCUT2D eigenvalue weighted by Crippen LogP contribution is 2.38. The van der Waals surface area contributed by atoms with Gasteiger partial charge < -0.3 is 4.74 Å². The van der Waals surface area contributed by atoms with E-state index < -0.39 is 0 Å². The zero-order valence-electron chi connectivity index (χ0n) is 12.8. The highest BCUT2D eigenvalue weighted by Gasteiger charge is 2.43. The predicted molar refractivity (Wildman–Crippen MR) is 80.4 cm³/mol. The molecule has 1 saturated heterocycles. The molecule has 2 heteroatoms. The average Bonchev–Trinajstić information content (AvgIpc) is 2.51. The number of carbonyl (C=O) groups is 1. The van der Waals surface area contributed by atoms with Crippen LogP contribution in [-0.4, -0.2) is 12.1 Å². The molecule has 114 valence electrons. The van der Waals surface area contributed by atoms with Crippen molar-refractivity contribution in [1.29, 1.82) is 0 Å². The third-order valence-corrected chi connectivity index (χ3v) is 5.92. The van der Waals surface area contributed by atoms with Gasteiger partial charge in [0.05, 0.1) is 5.92 Å². The monoisotopic (exact) mass is 278 g/mol. The lowest BCUT2D eigenvalue weighted by Gasteiger charge is -2.38. The zero-order chi connectivity index (χ0) is 13.8. The molecule has 3 aliphatic rings. The molecule has 20 heavy (non-hydrogen) atoms. The lowest BCUT2D eigenvalue weighted by Crippen LogP contribution is -2.46. The minimum absolute atomic E-state index is 0.101. The summed E-state index contributed by atoms with van der Waals surface area (Å²) in [6.07, 6.45) is 17.7. The van der Waals surface area contributed by atoms with Crippen LogP contribution in [0, 0.1) is 17.8 Å². The summed E-state index contributed by atoms with van der Waals surface area (Å²) in [5.74, 6) is 2.07. The topological polar surface area (TPSA) is 26.3 Å². The van der Waals surface area contributed by atoms with Gasteiger partial charge in [0.15, 0.2) is 0 Å². The molecule has 0 bridgehead atoms. The van der Waals surface area contributed by atoms with Crippen molar-refractivity contribution in [3.8, 4) is 0 Å². The van der Waals surface area contributed by atoms with Gasteiger partial charge in [-0.3, -0.25) is 4.79 Å². The normalized spacial score (nSPS) is 32.7. The molecular weight excluding hydrogens is 248 g/mol. The molecule has 3 fully saturated rings. The SMILES string of the molecule is O=C1O[C@H](CCC2CCCCC2)[C@@H]1CC1CCCCC1. The van der Waals surface area contributed by atoms with Crippen LogP contribution in [0.25, 0.3) is 0 Å². The van der Waals surface area contributed by atoms with Gasteiger partial charge in [0.1, 0.15) is 6.10 Å². The van der Waals surface area contributed by atoms with E-state index in [0.29, 0.717) is 0 Å². The molecule has 2 aliphatic carbocycles. The van der Waals surface area contributed by atoms with Gasteiger partial charge >= 0.3 is 5.97 Å². The van der Waals surface area contributed by atoms with Gasteiger partial charge in [-0.15, -0.1) is 0 Å². The first-order valence-corrected chi connectivity index (χ1v) is 9.03. The summed E-state index contributed by atoms with van der Waals surface area (Å²) in [6.45, 7) is 0. The third kappa shape index (κ3) is 3.56. The molecule has 3 rings (SSSR count). The van der Waals surface area contributed by atoms with E-state index in [1.807, 2.05) is 0 Å². The minimum atomic E-state index is 0.101. The van der Waals surface area contributed by atoms with Crippen LogP contribution in [0.4, 0.5) is 0 Å². The summed E-state index contributed by atoms with van der Waals surface area (Å²) in [5, 5.41) is 0. The van der Waals surface area contributed by atoms with Crippen molar-refractivity contribution in [2.75, 3.05) is 0 Å². The van der Waals surface area contributed by atoms with Crippen LogP contribution < -0.4 is 0 Å². The molecule has 0 amide bonds. The lowest BCUT2D eigenvalue weighted by molar-refractivity contribution is -0.187. The molecule has 0 radical (unpaired) electrons. The number of hydrogen-bond acceptors (Lipinski definition) is 2. The van der Waals surface area contributed by atoms with Gasteiger partial charge in [-0.2, -0.15) is 0 Å². The molecule has 1 heterocycles. The van der Waals surface area contributed by atoms with Gasteiger partial charge in [-0.25, -0.2) is 0 Å². The summed E-state index contributed by atoms with van der Waals surface area (Å²) < 4.78 is 5.45. The molecule has 0 N–H and O–H groups in total. The summed E-state index contributed by atoms with van der Waals surface area (Å²) >= 11 is 0. The number of rotatable bonds is 5. The predicted octanol–water partition coefficient (Wildman–Crippen LogP) is 4.86. The number of ether oxygens (including phenoxy) is 1. The van der Waals surface area contributed by atoms with Crippen molar-refractivity contribution in [1.82, 2.24) is 0 Å². The van der Waals surface area contributed by atoms with Crippen LogP contribution in [0.2, 0.25) is 0 Å². The van der Waals surface area contributed by atoms with Gasteiger partial charge in [-0.1, -0.05) is 64.2 Å². The highest BCUT2D eigenvalue weighted by atomic mass is 16.6. The Balaban J connectivity index is 1.41. The van der Waals surface area contributed by atoms with Crippen molar-refractivity contribution in [3.05, 3.63) is 0 Å². The molecule has 2 nitrogen and oxygen atoms in total. The van der Waals surface area contributed by atoms with Crippen LogP contribution >= 0.6 is 0 Å². The van der Waals surface area contributed by atoms with E-state index >= 15 is 0 Å². The van der Waals surface area contributed by atoms with Crippen LogP contribution in [0.3, 0.4) is 0 Å². The summed E-state index contributed by atoms with van der Waals surface area (Å²) in [7, 11) is 0. The smallest absolute Gasteiger partial charge is 0.313 e. The van der Waals surface area contributed by atoms with Crippen LogP contribution in [0.5, 0.6) is 0 Å². The van der Waals surface area contributed by atoms with Crippen molar-refractivity contribution < 1.29 is 9.53 Å². The maximum absolute atomic E-state index is 11.7. The Kier molecular flexibility index (Phi) is 5.01. The van der Waals surface area contributed by atoms with E-state index in [4.69, 9.17) is 4.74 Å². The summed E-state index contributed by atoms with van der Waals surface area (Å²) in [5.41, 5.74) is 0. The largest absolute Gasteiger partial charge is 0.461 e. The number of hydrogen-bond donors (Lipinski definition) is 0. The molecule has 0 aromatic heterocycles. The minimum Gasteiger partial charge on any atom is -0.461 e. The molecule has 0 aromatic carbocycles. The molecule has 1 aliphatic heterocycles. The second-order valence-corrected chi connectivity index (χ2v) is 7.40. The molecule has 0 spiro atoms. The van der Waals surface area contributed by atoms with E-state index in [-0.39, 0.29) is 18.0 Å². The second-order valence-electron chi connectivity index (χ2n) is 7.40. The van der Waals surface area contributed by atoms with E-state index in [1.54, 1.807) is 0 Å². The molecule has 0 unspecified atom stereocenters. The summed E-state index contributed by atoms with van der Waals surface area (Å²) in [6, 6.07) is 0. The van der Waals surface area contributed by atoms with Crippen molar-refractivity contribution in [2.24, 2.45) is 17.8 Å². The molecule has 0 aromatic rings. The maximum Gasteiger partial charge on any atom is 0.313 e. The fourth-order valence-electron chi connectivity index (χ4n) is 4.56. The number of cyclic esters (lactones) is 1. The number of carbonyl (C=O) groups excluding carboxylic acids is 1. The van der Waals surface area contributed by atoms with Crippen molar-refractivity contribution >= 4 is 5.97 Å². The third-order valence-electron chi connectivity index (χ3n) is 5.92. The Labute approximate surface area is 123 Å². The quantitative estimate of drug-likeness (QED) is 0.671. The number of esters is 1. The van der Waals surface area contributed by atoms with Crippen molar-refractivity contribution in [3.63, 3.8) is 0 Å². The van der Waals surface area contributed by atoms with Gasteiger partial charge in [0, 0.05) is 0 Å². The zero-order valence-corrected chi connectivity index (χ0v) is 12.8. The average molecular weight is 278 g/mol. The Hall–Kier alpha value is -0.530. The van der Waals surface area contributed by atoms with E-state index in [2.05, 4.69) is 0 Å². The standard InChI is InChI=1S/C18H30O2/c19-18-16(13-15-9-5-2-6-10-15)17(20-18)12-11-14-7-3-1-4-8-14/h14-17H,1-13H2/t16-,17+/m0/s1. The summed E-state index contributed by atoms with van der Waals surface area (Å²) in [4.78, 5) is 11.7. The highest BCUT2D eigenvalue weighted by molar-refractivity contribution is 5.78. The van der Waals surface area contributed by atoms with E-state index in [9.17, 15) is 4.79 Å². The first kappa shape index (κ1) is 14.4. The Morgan fingerprint density at radius 3 is 2.00 bits per heavy atom. The Morgan fingerprint density at radius 1 is 0.800 bits per heavy atom. The molecule has 2 atom stereocenters. The first-order valence-electron chi connectivity index (χ1n) is 9.03. The van der Waals surface area contributed by atoms with Crippen LogP contribution in [0.15, 0.2) is 0 Å². The fourth-order valence-corrected chi connectivity index (χ4v) is 4.56. The van der Waals surface area contributed by atoms with Gasteiger partial charge in [0.2, 0.25) is 0 Å². The van der Waals surface area contributed by atoms with E-state index in [0.717, 1.165) is 24.7 Å².